The van der Waals surface area contributed by atoms with Crippen LogP contribution in [0.2, 0.25) is 0 Å². The van der Waals surface area contributed by atoms with Crippen LogP contribution in [0.5, 0.6) is 11.5 Å². The van der Waals surface area contributed by atoms with Crippen LogP contribution in [0.4, 0.5) is 5.69 Å². The Morgan fingerprint density at radius 1 is 1.00 bits per heavy atom. The van der Waals surface area contributed by atoms with Crippen LogP contribution in [0.3, 0.4) is 0 Å². The lowest BCUT2D eigenvalue weighted by atomic mass is 9.99. The fourth-order valence-electron chi connectivity index (χ4n) is 3.29. The predicted molar refractivity (Wildman–Crippen MR) is 134 cm³/mol. The maximum absolute atomic E-state index is 12.4. The number of rotatable bonds is 11. The summed E-state index contributed by atoms with van der Waals surface area (Å²) in [5.41, 5.74) is 3.24. The van der Waals surface area contributed by atoms with Gasteiger partial charge in [-0.25, -0.2) is 0 Å². The van der Waals surface area contributed by atoms with Gasteiger partial charge in [-0.1, -0.05) is 56.3 Å². The van der Waals surface area contributed by atoms with Gasteiger partial charge in [0, 0.05) is 11.8 Å². The second-order valence-electron chi connectivity index (χ2n) is 7.80. The highest BCUT2D eigenvalue weighted by molar-refractivity contribution is 9.10. The highest BCUT2D eigenvalue weighted by atomic mass is 79.9. The molecule has 1 unspecified atom stereocenters. The maximum Gasteiger partial charge on any atom is 0.262 e. The van der Waals surface area contributed by atoms with Crippen LogP contribution in [0, 0.1) is 0 Å². The van der Waals surface area contributed by atoms with E-state index in [1.165, 1.54) is 11.1 Å². The molecule has 1 N–H and O–H groups in total. The lowest BCUT2D eigenvalue weighted by Gasteiger charge is -2.13. The largest absolute Gasteiger partial charge is 0.494 e. The molecule has 4 nitrogen and oxygen atoms in total. The minimum Gasteiger partial charge on any atom is -0.494 e. The van der Waals surface area contributed by atoms with Crippen LogP contribution in [0.15, 0.2) is 77.3 Å². The summed E-state index contributed by atoms with van der Waals surface area (Å²) in [5, 5.41) is 2.87. The summed E-state index contributed by atoms with van der Waals surface area (Å²) >= 11 is 3.54. The predicted octanol–water partition coefficient (Wildman–Crippen LogP) is 6.99. The Kier molecular flexibility index (Phi) is 9.17. The first kappa shape index (κ1) is 23.9. The van der Waals surface area contributed by atoms with Crippen molar-refractivity contribution in [3.05, 3.63) is 88.4 Å². The fraction of sp³-hybridized carbons (Fsp3) is 0.296. The van der Waals surface area contributed by atoms with Crippen LogP contribution >= 0.6 is 15.9 Å². The normalized spacial score (nSPS) is 11.6. The van der Waals surface area contributed by atoms with Crippen LogP contribution in [-0.2, 0) is 11.2 Å². The van der Waals surface area contributed by atoms with Gasteiger partial charge in [-0.3, -0.25) is 4.79 Å². The van der Waals surface area contributed by atoms with Gasteiger partial charge in [-0.05, 0) is 76.5 Å². The van der Waals surface area contributed by atoms with E-state index in [-0.39, 0.29) is 12.5 Å². The number of carbonyl (C=O) groups excluding carboxylic acids is 1. The molecule has 1 atom stereocenters. The molecular formula is C27H30BrNO3. The molecule has 0 heterocycles. The van der Waals surface area contributed by atoms with E-state index in [1.807, 2.05) is 54.6 Å². The molecule has 0 fully saturated rings. The fourth-order valence-corrected chi connectivity index (χ4v) is 3.80. The third-order valence-corrected chi connectivity index (χ3v) is 5.95. The molecule has 3 aromatic rings. The highest BCUT2D eigenvalue weighted by Crippen LogP contribution is 2.30. The van der Waals surface area contributed by atoms with Crippen LogP contribution in [-0.4, -0.2) is 19.1 Å². The van der Waals surface area contributed by atoms with E-state index in [0.717, 1.165) is 29.5 Å². The molecule has 0 aromatic heterocycles. The van der Waals surface area contributed by atoms with E-state index < -0.39 is 0 Å². The minimum absolute atomic E-state index is 0.0660. The lowest BCUT2D eigenvalue weighted by Crippen LogP contribution is -2.20. The standard InChI is InChI=1S/C27H30BrNO3/c1-3-20(2)22-14-15-26(25(28)17-22)32-19-27(30)29-23-12-7-13-24(18-23)31-16-8-11-21-9-5-4-6-10-21/h4-7,9-10,12-15,17-18,20H,3,8,11,16,19H2,1-2H3,(H,29,30). The highest BCUT2D eigenvalue weighted by Gasteiger charge is 2.10. The van der Waals surface area contributed by atoms with E-state index in [9.17, 15) is 4.79 Å². The summed E-state index contributed by atoms with van der Waals surface area (Å²) < 4.78 is 12.4. The number of aryl methyl sites for hydroxylation is 1. The van der Waals surface area contributed by atoms with Gasteiger partial charge in [0.1, 0.15) is 11.5 Å². The average molecular weight is 496 g/mol. The van der Waals surface area contributed by atoms with Crippen molar-refractivity contribution in [2.45, 2.75) is 39.0 Å². The summed E-state index contributed by atoms with van der Waals surface area (Å²) in [6, 6.07) is 23.8. The molecular weight excluding hydrogens is 466 g/mol. The zero-order valence-corrected chi connectivity index (χ0v) is 20.2. The monoisotopic (exact) mass is 495 g/mol. The molecule has 0 saturated heterocycles. The Labute approximate surface area is 199 Å². The van der Waals surface area contributed by atoms with Crippen molar-refractivity contribution in [3.8, 4) is 11.5 Å². The third kappa shape index (κ3) is 7.41. The van der Waals surface area contributed by atoms with Crippen molar-refractivity contribution in [3.63, 3.8) is 0 Å². The van der Waals surface area contributed by atoms with Crippen molar-refractivity contribution in [1.29, 1.82) is 0 Å². The Hall–Kier alpha value is -2.79. The van der Waals surface area contributed by atoms with Crippen LogP contribution in [0.25, 0.3) is 0 Å². The Morgan fingerprint density at radius 3 is 2.56 bits per heavy atom. The van der Waals surface area contributed by atoms with Gasteiger partial charge < -0.3 is 14.8 Å². The molecule has 0 aliphatic rings. The molecule has 0 saturated carbocycles. The van der Waals surface area contributed by atoms with Crippen molar-refractivity contribution in [1.82, 2.24) is 0 Å². The molecule has 32 heavy (non-hydrogen) atoms. The summed E-state index contributed by atoms with van der Waals surface area (Å²) in [7, 11) is 0. The van der Waals surface area contributed by atoms with Crippen molar-refractivity contribution >= 4 is 27.5 Å². The van der Waals surface area contributed by atoms with Crippen LogP contribution < -0.4 is 14.8 Å². The molecule has 0 aliphatic carbocycles. The Balaban J connectivity index is 1.45. The molecule has 0 radical (unpaired) electrons. The van der Waals surface area contributed by atoms with Gasteiger partial charge in [0.25, 0.3) is 5.91 Å². The quantitative estimate of drug-likeness (QED) is 0.291. The number of halogens is 1. The molecule has 5 heteroatoms. The van der Waals surface area contributed by atoms with Gasteiger partial charge in [0.05, 0.1) is 11.1 Å². The number of amides is 1. The Bertz CT molecular complexity index is 1010. The van der Waals surface area contributed by atoms with Gasteiger partial charge in [0.15, 0.2) is 6.61 Å². The second-order valence-corrected chi connectivity index (χ2v) is 8.66. The van der Waals surface area contributed by atoms with E-state index >= 15 is 0 Å². The molecule has 168 valence electrons. The first-order valence-corrected chi connectivity index (χ1v) is 11.8. The third-order valence-electron chi connectivity index (χ3n) is 5.34. The van der Waals surface area contributed by atoms with E-state index in [4.69, 9.17) is 9.47 Å². The minimum atomic E-state index is -0.218. The van der Waals surface area contributed by atoms with E-state index in [1.54, 1.807) is 0 Å². The first-order valence-electron chi connectivity index (χ1n) is 11.0. The lowest BCUT2D eigenvalue weighted by molar-refractivity contribution is -0.118. The number of benzene rings is 3. The SMILES string of the molecule is CCC(C)c1ccc(OCC(=O)Nc2cccc(OCCCc3ccccc3)c2)c(Br)c1. The molecule has 0 bridgehead atoms. The molecule has 0 spiro atoms. The first-order chi connectivity index (χ1) is 15.5. The maximum atomic E-state index is 12.4. The van der Waals surface area contributed by atoms with E-state index in [0.29, 0.717) is 24.0 Å². The molecule has 3 rings (SSSR count). The number of hydrogen-bond donors (Lipinski definition) is 1. The zero-order chi connectivity index (χ0) is 22.8. The second kappa shape index (κ2) is 12.3. The molecule has 1 amide bonds. The van der Waals surface area contributed by atoms with E-state index in [2.05, 4.69) is 53.3 Å². The number of hydrogen-bond acceptors (Lipinski definition) is 3. The topological polar surface area (TPSA) is 47.6 Å². The van der Waals surface area contributed by atoms with Crippen molar-refractivity contribution in [2.75, 3.05) is 18.5 Å². The smallest absolute Gasteiger partial charge is 0.262 e. The summed E-state index contributed by atoms with van der Waals surface area (Å²) in [5.74, 6) is 1.66. The van der Waals surface area contributed by atoms with Gasteiger partial charge in [-0.15, -0.1) is 0 Å². The van der Waals surface area contributed by atoms with Crippen LogP contribution in [0.1, 0.15) is 43.7 Å². The number of anilines is 1. The summed E-state index contributed by atoms with van der Waals surface area (Å²) in [6.45, 7) is 4.91. The average Bonchev–Trinajstić information content (AvgIpc) is 2.81. The van der Waals surface area contributed by atoms with Gasteiger partial charge in [0.2, 0.25) is 0 Å². The number of nitrogens with one attached hydrogen (secondary N) is 1. The van der Waals surface area contributed by atoms with Gasteiger partial charge >= 0.3 is 0 Å². The molecule has 3 aromatic carbocycles. The summed E-state index contributed by atoms with van der Waals surface area (Å²) in [4.78, 5) is 12.4. The van der Waals surface area contributed by atoms with Crippen molar-refractivity contribution in [2.24, 2.45) is 0 Å². The number of ether oxygens (including phenoxy) is 2. The van der Waals surface area contributed by atoms with Crippen molar-refractivity contribution < 1.29 is 14.3 Å². The number of carbonyl (C=O) groups is 1. The summed E-state index contributed by atoms with van der Waals surface area (Å²) in [6.07, 6.45) is 2.98. The Morgan fingerprint density at radius 2 is 1.81 bits per heavy atom. The zero-order valence-electron chi connectivity index (χ0n) is 18.6. The van der Waals surface area contributed by atoms with Gasteiger partial charge in [-0.2, -0.15) is 0 Å². The molecule has 0 aliphatic heterocycles.